The molecule has 0 aliphatic heterocycles. The average molecular weight is 346 g/mol. The lowest BCUT2D eigenvalue weighted by Gasteiger charge is -2.14. The highest BCUT2D eigenvalue weighted by Crippen LogP contribution is 2.17. The van der Waals surface area contributed by atoms with Crippen molar-refractivity contribution in [3.05, 3.63) is 48.0 Å². The summed E-state index contributed by atoms with van der Waals surface area (Å²) in [6.45, 7) is -0.224. The van der Waals surface area contributed by atoms with Crippen LogP contribution in [0.4, 0.5) is 0 Å². The van der Waals surface area contributed by atoms with Gasteiger partial charge in [0.15, 0.2) is 5.69 Å². The third-order valence-electron chi connectivity index (χ3n) is 3.11. The van der Waals surface area contributed by atoms with E-state index in [4.69, 9.17) is 9.47 Å². The molecule has 0 saturated carbocycles. The molecule has 0 radical (unpaired) electrons. The van der Waals surface area contributed by atoms with Crippen molar-refractivity contribution in [1.82, 2.24) is 15.3 Å². The molecule has 9 heteroatoms. The number of aliphatic hydroxyl groups is 1. The van der Waals surface area contributed by atoms with Crippen molar-refractivity contribution >= 4 is 11.9 Å². The predicted molar refractivity (Wildman–Crippen MR) is 83.2 cm³/mol. The molecule has 25 heavy (non-hydrogen) atoms. The summed E-state index contributed by atoms with van der Waals surface area (Å²) in [4.78, 5) is 30.0. The van der Waals surface area contributed by atoms with Crippen LogP contribution in [-0.2, 0) is 0 Å². The molecule has 0 aliphatic rings. The SMILES string of the molecule is COc1ccc(OC[C@H](O)CNC(=O)c2nccnc2C(=O)[O-])cc1. The van der Waals surface area contributed by atoms with Gasteiger partial charge in [0, 0.05) is 18.9 Å². The zero-order valence-corrected chi connectivity index (χ0v) is 13.3. The molecule has 1 heterocycles. The van der Waals surface area contributed by atoms with E-state index < -0.39 is 23.7 Å². The van der Waals surface area contributed by atoms with Crippen LogP contribution in [0.3, 0.4) is 0 Å². The number of carbonyl (C=O) groups is 2. The minimum absolute atomic E-state index is 0.0690. The number of carboxylic acid groups (broad SMARTS) is 1. The average Bonchev–Trinajstić information content (AvgIpc) is 2.64. The maximum Gasteiger partial charge on any atom is 0.272 e. The van der Waals surface area contributed by atoms with Crippen LogP contribution in [0, 0.1) is 0 Å². The molecule has 132 valence electrons. The van der Waals surface area contributed by atoms with E-state index in [1.54, 1.807) is 31.4 Å². The van der Waals surface area contributed by atoms with E-state index in [0.29, 0.717) is 11.5 Å². The molecule has 0 fully saturated rings. The molecule has 2 rings (SSSR count). The Bertz CT molecular complexity index is 735. The molecular formula is C16H16N3O6-. The Balaban J connectivity index is 1.84. The second kappa shape index (κ2) is 8.60. The number of nitrogens with one attached hydrogen (secondary N) is 1. The minimum atomic E-state index is -1.61. The standard InChI is InChI=1S/C16H17N3O6/c1-24-11-2-4-12(5-3-11)25-9-10(20)8-19-15(21)13-14(16(22)23)18-7-6-17-13/h2-7,10,20H,8-9H2,1H3,(H,19,21)(H,22,23)/p-1/t10-/m1/s1. The van der Waals surface area contributed by atoms with Gasteiger partial charge in [0.1, 0.15) is 29.9 Å². The molecule has 1 amide bonds. The fraction of sp³-hybridized carbons (Fsp3) is 0.250. The Labute approximate surface area is 143 Å². The molecule has 0 bridgehead atoms. The number of carbonyl (C=O) groups excluding carboxylic acids is 2. The molecule has 1 aromatic carbocycles. The number of benzene rings is 1. The maximum atomic E-state index is 11.9. The monoisotopic (exact) mass is 346 g/mol. The minimum Gasteiger partial charge on any atom is -0.543 e. The number of ether oxygens (including phenoxy) is 2. The highest BCUT2D eigenvalue weighted by molar-refractivity contribution is 6.01. The smallest absolute Gasteiger partial charge is 0.272 e. The third-order valence-corrected chi connectivity index (χ3v) is 3.11. The van der Waals surface area contributed by atoms with Crippen molar-refractivity contribution in [1.29, 1.82) is 0 Å². The number of aromatic nitrogens is 2. The molecule has 2 N–H and O–H groups in total. The highest BCUT2D eigenvalue weighted by atomic mass is 16.5. The first-order valence-electron chi connectivity index (χ1n) is 7.26. The zero-order valence-electron chi connectivity index (χ0n) is 13.3. The van der Waals surface area contributed by atoms with Crippen LogP contribution in [0.15, 0.2) is 36.7 Å². The van der Waals surface area contributed by atoms with Crippen molar-refractivity contribution in [3.63, 3.8) is 0 Å². The molecule has 1 atom stereocenters. The Morgan fingerprint density at radius 3 is 2.36 bits per heavy atom. The fourth-order valence-electron chi connectivity index (χ4n) is 1.87. The van der Waals surface area contributed by atoms with E-state index >= 15 is 0 Å². The molecular weight excluding hydrogens is 330 g/mol. The summed E-state index contributed by atoms with van der Waals surface area (Å²) >= 11 is 0. The first-order valence-corrected chi connectivity index (χ1v) is 7.26. The lowest BCUT2D eigenvalue weighted by Crippen LogP contribution is -2.37. The normalized spacial score (nSPS) is 11.4. The maximum absolute atomic E-state index is 11.9. The van der Waals surface area contributed by atoms with Crippen LogP contribution in [0.1, 0.15) is 21.0 Å². The number of aromatic carboxylic acids is 1. The summed E-state index contributed by atoms with van der Waals surface area (Å²) in [5, 5.41) is 23.1. The second-order valence-corrected chi connectivity index (χ2v) is 4.89. The van der Waals surface area contributed by atoms with E-state index in [2.05, 4.69) is 15.3 Å². The van der Waals surface area contributed by atoms with Crippen molar-refractivity contribution in [2.24, 2.45) is 0 Å². The van der Waals surface area contributed by atoms with Crippen LogP contribution in [-0.4, -0.2) is 53.3 Å². The van der Waals surface area contributed by atoms with E-state index in [9.17, 15) is 19.8 Å². The number of carboxylic acids is 1. The van der Waals surface area contributed by atoms with Crippen molar-refractivity contribution in [2.75, 3.05) is 20.3 Å². The van der Waals surface area contributed by atoms with E-state index in [1.807, 2.05) is 0 Å². The first kappa shape index (κ1) is 18.1. The largest absolute Gasteiger partial charge is 0.543 e. The summed E-state index contributed by atoms with van der Waals surface area (Å²) in [6, 6.07) is 6.77. The summed E-state index contributed by atoms with van der Waals surface area (Å²) in [5.41, 5.74) is -0.949. The Kier molecular flexibility index (Phi) is 6.24. The van der Waals surface area contributed by atoms with E-state index in [0.717, 1.165) is 6.20 Å². The number of rotatable bonds is 8. The number of amides is 1. The fourth-order valence-corrected chi connectivity index (χ4v) is 1.87. The Hall–Kier alpha value is -3.20. The first-order chi connectivity index (χ1) is 12.0. The molecule has 0 aliphatic carbocycles. The van der Waals surface area contributed by atoms with E-state index in [-0.39, 0.29) is 18.8 Å². The Morgan fingerprint density at radius 1 is 1.16 bits per heavy atom. The summed E-state index contributed by atoms with van der Waals surface area (Å²) < 4.78 is 10.4. The topological polar surface area (TPSA) is 134 Å². The summed E-state index contributed by atoms with van der Waals surface area (Å²) in [7, 11) is 1.55. The number of hydrogen-bond acceptors (Lipinski definition) is 8. The van der Waals surface area contributed by atoms with Crippen LogP contribution in [0.25, 0.3) is 0 Å². The third kappa shape index (κ3) is 5.15. The lowest BCUT2D eigenvalue weighted by molar-refractivity contribution is -0.255. The van der Waals surface area contributed by atoms with Crippen LogP contribution in [0.2, 0.25) is 0 Å². The van der Waals surface area contributed by atoms with Gasteiger partial charge in [0.2, 0.25) is 0 Å². The van der Waals surface area contributed by atoms with Crippen LogP contribution in [0.5, 0.6) is 11.5 Å². The van der Waals surface area contributed by atoms with Gasteiger partial charge >= 0.3 is 0 Å². The summed E-state index contributed by atoms with van der Waals surface area (Å²) in [6.07, 6.45) is 1.32. The van der Waals surface area contributed by atoms with Gasteiger partial charge in [-0.1, -0.05) is 0 Å². The highest BCUT2D eigenvalue weighted by Gasteiger charge is 2.16. The number of nitrogens with zero attached hydrogens (tertiary/aromatic N) is 2. The molecule has 1 aromatic heterocycles. The van der Waals surface area contributed by atoms with Gasteiger partial charge in [-0.2, -0.15) is 0 Å². The van der Waals surface area contributed by atoms with Gasteiger partial charge in [0.25, 0.3) is 5.91 Å². The van der Waals surface area contributed by atoms with Gasteiger partial charge in [-0.25, -0.2) is 4.98 Å². The molecule has 2 aromatic rings. The predicted octanol–water partition coefficient (Wildman–Crippen LogP) is -0.982. The second-order valence-electron chi connectivity index (χ2n) is 4.89. The molecule has 0 saturated heterocycles. The van der Waals surface area contributed by atoms with Gasteiger partial charge in [-0.05, 0) is 24.3 Å². The number of hydrogen-bond donors (Lipinski definition) is 2. The van der Waals surface area contributed by atoms with Gasteiger partial charge < -0.3 is 29.8 Å². The lowest BCUT2D eigenvalue weighted by atomic mass is 10.2. The summed E-state index contributed by atoms with van der Waals surface area (Å²) in [5.74, 6) is -1.19. The number of methoxy groups -OCH3 is 1. The quantitative estimate of drug-likeness (QED) is 0.623. The van der Waals surface area contributed by atoms with Crippen molar-refractivity contribution < 1.29 is 29.3 Å². The molecule has 0 spiro atoms. The zero-order chi connectivity index (χ0) is 18.2. The van der Waals surface area contributed by atoms with Gasteiger partial charge in [-0.3, -0.25) is 9.78 Å². The van der Waals surface area contributed by atoms with Crippen molar-refractivity contribution in [2.45, 2.75) is 6.10 Å². The Morgan fingerprint density at radius 2 is 1.76 bits per heavy atom. The van der Waals surface area contributed by atoms with Gasteiger partial charge in [0.05, 0.1) is 13.1 Å². The van der Waals surface area contributed by atoms with Crippen molar-refractivity contribution in [3.8, 4) is 11.5 Å². The molecule has 0 unspecified atom stereocenters. The number of aliphatic hydroxyl groups excluding tert-OH is 1. The van der Waals surface area contributed by atoms with E-state index in [1.165, 1.54) is 6.20 Å². The van der Waals surface area contributed by atoms with Gasteiger partial charge in [-0.15, -0.1) is 0 Å². The van der Waals surface area contributed by atoms with Crippen LogP contribution < -0.4 is 19.9 Å². The molecule has 9 nitrogen and oxygen atoms in total. The van der Waals surface area contributed by atoms with Crippen LogP contribution >= 0.6 is 0 Å².